The van der Waals surface area contributed by atoms with Crippen LogP contribution in [0.3, 0.4) is 0 Å². The molecular weight excluding hydrogens is 310 g/mol. The molecule has 3 aromatic rings. The number of hydrogen-bond donors (Lipinski definition) is 2. The Labute approximate surface area is 138 Å². The molecule has 0 saturated carbocycles. The predicted molar refractivity (Wildman–Crippen MR) is 89.5 cm³/mol. The second kappa shape index (κ2) is 7.06. The van der Waals surface area contributed by atoms with E-state index in [0.29, 0.717) is 23.3 Å². The highest BCUT2D eigenvalue weighted by atomic mass is 16.7. The van der Waals surface area contributed by atoms with Crippen molar-refractivity contribution < 1.29 is 19.3 Å². The van der Waals surface area contributed by atoms with Gasteiger partial charge in [0.2, 0.25) is 5.75 Å². The Balaban J connectivity index is 1.90. The van der Waals surface area contributed by atoms with Crippen molar-refractivity contribution in [1.29, 1.82) is 0 Å². The largest absolute Gasteiger partial charge is 0.500 e. The number of rotatable bonds is 6. The summed E-state index contributed by atoms with van der Waals surface area (Å²) in [5.41, 5.74) is 0.921. The SMILES string of the molecule is COCOc1c(O)c(=O)[nH]c2cc(OCc3ccccc3)ccc12. The van der Waals surface area contributed by atoms with Gasteiger partial charge in [-0.2, -0.15) is 0 Å². The number of aromatic nitrogens is 1. The number of methoxy groups -OCH3 is 1. The van der Waals surface area contributed by atoms with Crippen molar-refractivity contribution in [3.63, 3.8) is 0 Å². The molecular formula is C18H17NO5. The van der Waals surface area contributed by atoms with Crippen LogP contribution in [0.15, 0.2) is 53.3 Å². The lowest BCUT2D eigenvalue weighted by Gasteiger charge is -2.11. The molecule has 0 unspecified atom stereocenters. The second-order valence-corrected chi connectivity index (χ2v) is 5.16. The van der Waals surface area contributed by atoms with Gasteiger partial charge < -0.3 is 24.3 Å². The molecule has 124 valence electrons. The Hall–Kier alpha value is -2.99. The van der Waals surface area contributed by atoms with Gasteiger partial charge in [0, 0.05) is 18.6 Å². The summed E-state index contributed by atoms with van der Waals surface area (Å²) in [4.78, 5) is 14.4. The maximum absolute atomic E-state index is 11.8. The lowest BCUT2D eigenvalue weighted by atomic mass is 10.2. The summed E-state index contributed by atoms with van der Waals surface area (Å²) in [6, 6.07) is 14.9. The molecule has 0 atom stereocenters. The van der Waals surface area contributed by atoms with E-state index in [9.17, 15) is 9.90 Å². The van der Waals surface area contributed by atoms with Crippen LogP contribution in [0.1, 0.15) is 5.56 Å². The first-order valence-corrected chi connectivity index (χ1v) is 7.36. The van der Waals surface area contributed by atoms with E-state index in [1.165, 1.54) is 7.11 Å². The van der Waals surface area contributed by atoms with Crippen LogP contribution >= 0.6 is 0 Å². The van der Waals surface area contributed by atoms with Crippen LogP contribution in [0, 0.1) is 0 Å². The van der Waals surface area contributed by atoms with E-state index in [4.69, 9.17) is 14.2 Å². The van der Waals surface area contributed by atoms with Gasteiger partial charge in [-0.3, -0.25) is 4.79 Å². The zero-order valence-electron chi connectivity index (χ0n) is 13.1. The lowest BCUT2D eigenvalue weighted by molar-refractivity contribution is 0.0502. The zero-order chi connectivity index (χ0) is 16.9. The summed E-state index contributed by atoms with van der Waals surface area (Å²) in [7, 11) is 1.46. The molecule has 1 heterocycles. The molecule has 0 aliphatic rings. The number of pyridine rings is 1. The third kappa shape index (κ3) is 3.33. The molecule has 6 heteroatoms. The van der Waals surface area contributed by atoms with E-state index in [1.54, 1.807) is 18.2 Å². The Kier molecular flexibility index (Phi) is 4.67. The number of ether oxygens (including phenoxy) is 3. The number of aromatic hydroxyl groups is 1. The van der Waals surface area contributed by atoms with E-state index >= 15 is 0 Å². The molecule has 0 bridgehead atoms. The van der Waals surface area contributed by atoms with Crippen molar-refractivity contribution >= 4 is 10.9 Å². The van der Waals surface area contributed by atoms with E-state index in [2.05, 4.69) is 4.98 Å². The monoisotopic (exact) mass is 327 g/mol. The van der Waals surface area contributed by atoms with Crippen LogP contribution in [0.25, 0.3) is 10.9 Å². The van der Waals surface area contributed by atoms with Crippen LogP contribution < -0.4 is 15.0 Å². The summed E-state index contributed by atoms with van der Waals surface area (Å²) in [6.45, 7) is 0.347. The van der Waals surface area contributed by atoms with Crippen molar-refractivity contribution in [2.24, 2.45) is 0 Å². The average Bonchev–Trinajstić information content (AvgIpc) is 2.61. The maximum atomic E-state index is 11.8. The molecule has 0 amide bonds. The third-order valence-electron chi connectivity index (χ3n) is 3.48. The molecule has 0 aliphatic carbocycles. The van der Waals surface area contributed by atoms with Crippen LogP contribution in [-0.4, -0.2) is 24.0 Å². The van der Waals surface area contributed by atoms with Gasteiger partial charge >= 0.3 is 0 Å². The second-order valence-electron chi connectivity index (χ2n) is 5.16. The highest BCUT2D eigenvalue weighted by Gasteiger charge is 2.14. The first-order valence-electron chi connectivity index (χ1n) is 7.36. The first-order chi connectivity index (χ1) is 11.7. The summed E-state index contributed by atoms with van der Waals surface area (Å²) in [5, 5.41) is 10.5. The van der Waals surface area contributed by atoms with Gasteiger partial charge in [0.1, 0.15) is 12.4 Å². The van der Waals surface area contributed by atoms with Crippen molar-refractivity contribution in [3.05, 3.63) is 64.4 Å². The highest BCUT2D eigenvalue weighted by molar-refractivity contribution is 5.88. The summed E-state index contributed by atoms with van der Waals surface area (Å²) >= 11 is 0. The predicted octanol–water partition coefficient (Wildman–Crippen LogP) is 2.80. The average molecular weight is 327 g/mol. The topological polar surface area (TPSA) is 80.8 Å². The van der Waals surface area contributed by atoms with Crippen LogP contribution in [0.2, 0.25) is 0 Å². The van der Waals surface area contributed by atoms with Crippen LogP contribution in [0.4, 0.5) is 0 Å². The Bertz CT molecular complexity index is 889. The van der Waals surface area contributed by atoms with Gasteiger partial charge in [-0.15, -0.1) is 0 Å². The van der Waals surface area contributed by atoms with Gasteiger partial charge in [-0.25, -0.2) is 0 Å². The molecule has 2 aromatic carbocycles. The smallest absolute Gasteiger partial charge is 0.294 e. The van der Waals surface area contributed by atoms with Crippen molar-refractivity contribution in [2.45, 2.75) is 6.61 Å². The number of H-pyrrole nitrogens is 1. The number of hydrogen-bond acceptors (Lipinski definition) is 5. The van der Waals surface area contributed by atoms with E-state index in [-0.39, 0.29) is 12.5 Å². The summed E-state index contributed by atoms with van der Waals surface area (Å²) in [6.07, 6.45) is 0. The molecule has 24 heavy (non-hydrogen) atoms. The zero-order valence-corrected chi connectivity index (χ0v) is 13.1. The van der Waals surface area contributed by atoms with Crippen LogP contribution in [-0.2, 0) is 11.3 Å². The lowest BCUT2D eigenvalue weighted by Crippen LogP contribution is -2.09. The Morgan fingerprint density at radius 1 is 1.08 bits per heavy atom. The van der Waals surface area contributed by atoms with Gasteiger partial charge in [-0.05, 0) is 17.7 Å². The highest BCUT2D eigenvalue weighted by Crippen LogP contribution is 2.32. The third-order valence-corrected chi connectivity index (χ3v) is 3.48. The number of aromatic amines is 1. The van der Waals surface area contributed by atoms with E-state index < -0.39 is 11.3 Å². The minimum absolute atomic E-state index is 0.0711. The maximum Gasteiger partial charge on any atom is 0.294 e. The van der Waals surface area contributed by atoms with E-state index in [1.807, 2.05) is 30.3 Å². The molecule has 0 aliphatic heterocycles. The van der Waals surface area contributed by atoms with Crippen LogP contribution in [0.5, 0.6) is 17.2 Å². The Morgan fingerprint density at radius 3 is 2.62 bits per heavy atom. The standard InChI is InChI=1S/C18H17NO5/c1-22-11-24-17-14-8-7-13(9-15(14)19-18(21)16(17)20)23-10-12-5-3-2-4-6-12/h2-9,20H,10-11H2,1H3,(H,19,21). The molecule has 0 radical (unpaired) electrons. The van der Waals surface area contributed by atoms with Crippen molar-refractivity contribution in [3.8, 4) is 17.2 Å². The van der Waals surface area contributed by atoms with Gasteiger partial charge in [0.15, 0.2) is 12.5 Å². The molecule has 0 saturated heterocycles. The molecule has 0 spiro atoms. The fourth-order valence-corrected chi connectivity index (χ4v) is 2.33. The molecule has 2 N–H and O–H groups in total. The molecule has 0 fully saturated rings. The van der Waals surface area contributed by atoms with E-state index in [0.717, 1.165) is 5.56 Å². The number of benzene rings is 2. The van der Waals surface area contributed by atoms with Crippen molar-refractivity contribution in [2.75, 3.05) is 13.9 Å². The van der Waals surface area contributed by atoms with Gasteiger partial charge in [-0.1, -0.05) is 30.3 Å². The first kappa shape index (κ1) is 15.9. The molecule has 3 rings (SSSR count). The quantitative estimate of drug-likeness (QED) is 0.681. The minimum atomic E-state index is -0.631. The normalized spacial score (nSPS) is 10.7. The Morgan fingerprint density at radius 2 is 1.88 bits per heavy atom. The summed E-state index contributed by atoms with van der Waals surface area (Å²) < 4.78 is 15.9. The molecule has 6 nitrogen and oxygen atoms in total. The minimum Gasteiger partial charge on any atom is -0.500 e. The fourth-order valence-electron chi connectivity index (χ4n) is 2.33. The fraction of sp³-hybridized carbons (Fsp3) is 0.167. The van der Waals surface area contributed by atoms with Gasteiger partial charge in [0.25, 0.3) is 5.56 Å². The number of fused-ring (bicyclic) bond motifs is 1. The molecule has 1 aromatic heterocycles. The summed E-state index contributed by atoms with van der Waals surface area (Å²) in [5.74, 6) is 0.216. The number of nitrogens with one attached hydrogen (secondary N) is 1. The van der Waals surface area contributed by atoms with Crippen molar-refractivity contribution in [1.82, 2.24) is 4.98 Å². The van der Waals surface area contributed by atoms with Gasteiger partial charge in [0.05, 0.1) is 5.52 Å².